The predicted molar refractivity (Wildman–Crippen MR) is 91.5 cm³/mol. The fourth-order valence-corrected chi connectivity index (χ4v) is 3.53. The maximum absolute atomic E-state index is 10.4. The van der Waals surface area contributed by atoms with Crippen LogP contribution in [0.15, 0.2) is 36.4 Å². The van der Waals surface area contributed by atoms with Gasteiger partial charge < -0.3 is 20.1 Å². The lowest BCUT2D eigenvalue weighted by molar-refractivity contribution is 0.404. The third-order valence-corrected chi connectivity index (χ3v) is 4.70. The normalized spacial score (nSPS) is 17.2. The highest BCUT2D eigenvalue weighted by Gasteiger charge is 2.27. The first-order chi connectivity index (χ1) is 11.2. The van der Waals surface area contributed by atoms with E-state index >= 15 is 0 Å². The molecule has 1 aliphatic rings. The minimum absolute atomic E-state index is 0.0733. The molecule has 2 aromatic carbocycles. The van der Waals surface area contributed by atoms with Crippen molar-refractivity contribution >= 4 is 22.5 Å². The molecule has 23 heavy (non-hydrogen) atoms. The number of hydrogen-bond donors (Lipinski definition) is 3. The van der Waals surface area contributed by atoms with Crippen molar-refractivity contribution in [3.05, 3.63) is 58.2 Å². The molecule has 0 aliphatic carbocycles. The summed E-state index contributed by atoms with van der Waals surface area (Å²) in [5.41, 5.74) is 4.26. The zero-order chi connectivity index (χ0) is 16.0. The van der Waals surface area contributed by atoms with E-state index < -0.39 is 0 Å². The molecule has 3 N–H and O–H groups in total. The quantitative estimate of drug-likeness (QED) is 0.671. The van der Waals surface area contributed by atoms with Crippen molar-refractivity contribution in [1.82, 2.24) is 10.3 Å². The van der Waals surface area contributed by atoms with Gasteiger partial charge >= 0.3 is 0 Å². The summed E-state index contributed by atoms with van der Waals surface area (Å²) in [6.45, 7) is 0.850. The van der Waals surface area contributed by atoms with Gasteiger partial charge in [0, 0.05) is 39.8 Å². The molecular weight excluding hydrogens is 312 g/mol. The Morgan fingerprint density at radius 1 is 1.22 bits per heavy atom. The van der Waals surface area contributed by atoms with Gasteiger partial charge in [-0.15, -0.1) is 0 Å². The van der Waals surface area contributed by atoms with Gasteiger partial charge in [0.2, 0.25) is 0 Å². The zero-order valence-corrected chi connectivity index (χ0v) is 13.4. The number of phenolic OH excluding ortho intramolecular Hbond substituents is 1. The molecule has 2 heterocycles. The van der Waals surface area contributed by atoms with E-state index in [2.05, 4.69) is 10.3 Å². The van der Waals surface area contributed by atoms with Gasteiger partial charge in [-0.25, -0.2) is 0 Å². The monoisotopic (exact) mass is 328 g/mol. The third-order valence-electron chi connectivity index (χ3n) is 4.46. The van der Waals surface area contributed by atoms with Crippen LogP contribution >= 0.6 is 11.6 Å². The third kappa shape index (κ3) is 2.35. The Bertz CT molecular complexity index is 888. The number of rotatable bonds is 2. The molecular formula is C18H17ClN2O2. The molecule has 1 aliphatic heterocycles. The molecule has 4 nitrogen and oxygen atoms in total. The summed E-state index contributed by atoms with van der Waals surface area (Å²) < 4.78 is 5.17. The average molecular weight is 329 g/mol. The number of nitrogens with one attached hydrogen (secondary N) is 2. The smallest absolute Gasteiger partial charge is 0.124 e. The number of hydrogen-bond acceptors (Lipinski definition) is 3. The van der Waals surface area contributed by atoms with E-state index in [1.165, 1.54) is 5.56 Å². The Morgan fingerprint density at radius 2 is 2.09 bits per heavy atom. The van der Waals surface area contributed by atoms with Crippen molar-refractivity contribution < 1.29 is 9.84 Å². The van der Waals surface area contributed by atoms with Crippen LogP contribution in [0.1, 0.15) is 22.9 Å². The van der Waals surface area contributed by atoms with Crippen molar-refractivity contribution in [2.75, 3.05) is 13.7 Å². The van der Waals surface area contributed by atoms with Gasteiger partial charge in [-0.2, -0.15) is 0 Å². The van der Waals surface area contributed by atoms with E-state index in [9.17, 15) is 5.11 Å². The molecule has 0 amide bonds. The highest BCUT2D eigenvalue weighted by atomic mass is 35.5. The number of methoxy groups -OCH3 is 1. The topological polar surface area (TPSA) is 57.3 Å². The number of H-pyrrole nitrogens is 1. The summed E-state index contributed by atoms with van der Waals surface area (Å²) in [5, 5.41) is 15.7. The number of phenols is 1. The fourth-order valence-electron chi connectivity index (χ4n) is 3.36. The van der Waals surface area contributed by atoms with Gasteiger partial charge in [-0.3, -0.25) is 0 Å². The molecule has 0 radical (unpaired) electrons. The van der Waals surface area contributed by atoms with Crippen LogP contribution in [0.4, 0.5) is 0 Å². The second-order valence-corrected chi connectivity index (χ2v) is 6.21. The SMILES string of the molecule is COc1ccc(C2NCCc3c2[nH]c2ccc(Cl)cc32)c(O)c1. The van der Waals surface area contributed by atoms with Crippen molar-refractivity contribution in [1.29, 1.82) is 0 Å². The Kier molecular flexibility index (Phi) is 3.43. The summed E-state index contributed by atoms with van der Waals surface area (Å²) >= 11 is 6.15. The Balaban J connectivity index is 1.86. The molecule has 4 rings (SSSR count). The summed E-state index contributed by atoms with van der Waals surface area (Å²) in [6, 6.07) is 11.2. The van der Waals surface area contributed by atoms with E-state index in [1.807, 2.05) is 30.3 Å². The fraction of sp³-hybridized carbons (Fsp3) is 0.222. The van der Waals surface area contributed by atoms with E-state index in [0.717, 1.165) is 40.1 Å². The van der Waals surface area contributed by atoms with Crippen LogP contribution in [0.5, 0.6) is 11.5 Å². The Labute approximate surface area is 139 Å². The number of aromatic nitrogens is 1. The van der Waals surface area contributed by atoms with E-state index in [-0.39, 0.29) is 11.8 Å². The molecule has 0 saturated carbocycles. The van der Waals surface area contributed by atoms with E-state index in [1.54, 1.807) is 13.2 Å². The van der Waals surface area contributed by atoms with E-state index in [4.69, 9.17) is 16.3 Å². The molecule has 1 unspecified atom stereocenters. The van der Waals surface area contributed by atoms with Crippen LogP contribution in [-0.2, 0) is 6.42 Å². The number of halogens is 1. The van der Waals surface area contributed by atoms with Crippen molar-refractivity contribution in [2.45, 2.75) is 12.5 Å². The largest absolute Gasteiger partial charge is 0.507 e. The van der Waals surface area contributed by atoms with Gasteiger partial charge in [0.1, 0.15) is 11.5 Å². The maximum Gasteiger partial charge on any atom is 0.124 e. The van der Waals surface area contributed by atoms with Crippen molar-refractivity contribution in [3.63, 3.8) is 0 Å². The summed E-state index contributed by atoms with van der Waals surface area (Å²) in [7, 11) is 1.59. The van der Waals surface area contributed by atoms with Crippen LogP contribution in [0.2, 0.25) is 5.02 Å². The number of aromatic hydroxyl groups is 1. The average Bonchev–Trinajstić information content (AvgIpc) is 2.93. The van der Waals surface area contributed by atoms with Crippen molar-refractivity contribution in [3.8, 4) is 11.5 Å². The molecule has 0 saturated heterocycles. The van der Waals surface area contributed by atoms with Gasteiger partial charge in [-0.1, -0.05) is 11.6 Å². The highest BCUT2D eigenvalue weighted by Crippen LogP contribution is 2.38. The molecule has 1 atom stereocenters. The van der Waals surface area contributed by atoms with Gasteiger partial charge in [-0.05, 0) is 42.3 Å². The molecule has 1 aromatic heterocycles. The molecule has 0 bridgehead atoms. The zero-order valence-electron chi connectivity index (χ0n) is 12.7. The van der Waals surface area contributed by atoms with Crippen LogP contribution in [-0.4, -0.2) is 23.7 Å². The lowest BCUT2D eigenvalue weighted by Gasteiger charge is -2.25. The minimum atomic E-state index is -0.0733. The number of benzene rings is 2. The summed E-state index contributed by atoms with van der Waals surface area (Å²) in [4.78, 5) is 3.48. The van der Waals surface area contributed by atoms with Gasteiger partial charge in [0.25, 0.3) is 0 Å². The first-order valence-corrected chi connectivity index (χ1v) is 7.95. The van der Waals surface area contributed by atoms with Gasteiger partial charge in [0.05, 0.1) is 13.2 Å². The van der Waals surface area contributed by atoms with Gasteiger partial charge in [0.15, 0.2) is 0 Å². The van der Waals surface area contributed by atoms with Crippen LogP contribution in [0.3, 0.4) is 0 Å². The summed E-state index contributed by atoms with van der Waals surface area (Å²) in [6.07, 6.45) is 0.934. The molecule has 5 heteroatoms. The molecule has 3 aromatic rings. The molecule has 0 spiro atoms. The second kappa shape index (κ2) is 5.48. The minimum Gasteiger partial charge on any atom is -0.507 e. The van der Waals surface area contributed by atoms with Crippen LogP contribution in [0, 0.1) is 0 Å². The first kappa shape index (κ1) is 14.4. The van der Waals surface area contributed by atoms with Crippen molar-refractivity contribution in [2.24, 2.45) is 0 Å². The van der Waals surface area contributed by atoms with E-state index in [0.29, 0.717) is 5.75 Å². The number of fused-ring (bicyclic) bond motifs is 3. The predicted octanol–water partition coefficient (Wildman–Crippen LogP) is 3.77. The Morgan fingerprint density at radius 3 is 2.87 bits per heavy atom. The highest BCUT2D eigenvalue weighted by molar-refractivity contribution is 6.31. The lowest BCUT2D eigenvalue weighted by Crippen LogP contribution is -2.30. The molecule has 0 fully saturated rings. The second-order valence-electron chi connectivity index (χ2n) is 5.77. The maximum atomic E-state index is 10.4. The van der Waals surface area contributed by atoms with Crippen LogP contribution < -0.4 is 10.1 Å². The summed E-state index contributed by atoms with van der Waals surface area (Å²) in [5.74, 6) is 0.872. The number of aromatic amines is 1. The number of ether oxygens (including phenoxy) is 1. The lowest BCUT2D eigenvalue weighted by atomic mass is 9.94. The first-order valence-electron chi connectivity index (χ1n) is 7.57. The Hall–Kier alpha value is -2.17. The van der Waals surface area contributed by atoms with Crippen LogP contribution in [0.25, 0.3) is 10.9 Å². The molecule has 118 valence electrons. The standard InChI is InChI=1S/C18H17ClN2O2/c1-23-11-3-4-13(16(22)9-11)17-18-12(6-7-20-17)14-8-10(19)2-5-15(14)21-18/h2-5,8-9,17,20-22H,6-7H2,1H3.